The molecule has 1 aromatic rings. The highest BCUT2D eigenvalue weighted by atomic mass is 16.6. The zero-order chi connectivity index (χ0) is 17.3. The minimum atomic E-state index is -0.528. The van der Waals surface area contributed by atoms with Gasteiger partial charge in [-0.05, 0) is 67.8 Å². The first-order valence-electron chi connectivity index (χ1n) is 9.09. The minimum absolute atomic E-state index is 0.0774. The van der Waals surface area contributed by atoms with Crippen LogP contribution in [0, 0.1) is 33.3 Å². The molecule has 4 aliphatic carbocycles. The van der Waals surface area contributed by atoms with Crippen molar-refractivity contribution < 1.29 is 14.5 Å². The van der Waals surface area contributed by atoms with Crippen LogP contribution in [0.3, 0.4) is 0 Å². The van der Waals surface area contributed by atoms with Gasteiger partial charge in [-0.3, -0.25) is 24.6 Å². The van der Waals surface area contributed by atoms with E-state index in [0.717, 1.165) is 37.0 Å². The SMILES string of the molecule is O=C1c2ccc([N+](=O)[O-])cc2C(=O)N1CC12CC3CC(CC(C3)C1)C2. The molecule has 25 heavy (non-hydrogen) atoms. The normalized spacial score (nSPS) is 35.4. The monoisotopic (exact) mass is 340 g/mol. The van der Waals surface area contributed by atoms with Crippen molar-refractivity contribution in [3.8, 4) is 0 Å². The summed E-state index contributed by atoms with van der Waals surface area (Å²) >= 11 is 0. The smallest absolute Gasteiger partial charge is 0.270 e. The van der Waals surface area contributed by atoms with Crippen molar-refractivity contribution in [2.75, 3.05) is 6.54 Å². The van der Waals surface area contributed by atoms with Crippen LogP contribution in [0.15, 0.2) is 18.2 Å². The molecule has 4 saturated carbocycles. The van der Waals surface area contributed by atoms with Gasteiger partial charge in [-0.15, -0.1) is 0 Å². The van der Waals surface area contributed by atoms with Crippen LogP contribution in [0.2, 0.25) is 0 Å². The van der Waals surface area contributed by atoms with Crippen LogP contribution in [0.5, 0.6) is 0 Å². The summed E-state index contributed by atoms with van der Waals surface area (Å²) in [6.07, 6.45) is 7.29. The first kappa shape index (κ1) is 15.0. The number of rotatable bonds is 3. The number of nitrogens with zero attached hydrogens (tertiary/aromatic N) is 2. The molecular formula is C19H20N2O4. The Morgan fingerprint density at radius 3 is 2.12 bits per heavy atom. The molecule has 0 spiro atoms. The van der Waals surface area contributed by atoms with Crippen molar-refractivity contribution in [3.05, 3.63) is 39.4 Å². The van der Waals surface area contributed by atoms with Crippen LogP contribution >= 0.6 is 0 Å². The van der Waals surface area contributed by atoms with Gasteiger partial charge in [0.15, 0.2) is 0 Å². The molecule has 1 aliphatic heterocycles. The molecule has 5 aliphatic rings. The van der Waals surface area contributed by atoms with Crippen molar-refractivity contribution in [3.63, 3.8) is 0 Å². The van der Waals surface area contributed by atoms with E-state index in [9.17, 15) is 19.7 Å². The Morgan fingerprint density at radius 1 is 1.00 bits per heavy atom. The zero-order valence-corrected chi connectivity index (χ0v) is 13.9. The minimum Gasteiger partial charge on any atom is -0.274 e. The predicted molar refractivity (Wildman–Crippen MR) is 89.1 cm³/mol. The summed E-state index contributed by atoms with van der Waals surface area (Å²) in [7, 11) is 0. The highest BCUT2D eigenvalue weighted by Gasteiger charge is 2.53. The summed E-state index contributed by atoms with van der Waals surface area (Å²) < 4.78 is 0. The molecule has 1 aromatic carbocycles. The average Bonchev–Trinajstić information content (AvgIpc) is 2.78. The summed E-state index contributed by atoms with van der Waals surface area (Å²) in [5, 5.41) is 11.0. The molecule has 130 valence electrons. The van der Waals surface area contributed by atoms with Gasteiger partial charge in [0.05, 0.1) is 16.1 Å². The van der Waals surface area contributed by atoms with E-state index in [1.807, 2.05) is 0 Å². The van der Waals surface area contributed by atoms with Gasteiger partial charge in [0, 0.05) is 18.7 Å². The molecular weight excluding hydrogens is 320 g/mol. The van der Waals surface area contributed by atoms with Crippen LogP contribution in [0.1, 0.15) is 59.2 Å². The molecule has 0 unspecified atom stereocenters. The van der Waals surface area contributed by atoms with Crippen molar-refractivity contribution in [2.24, 2.45) is 23.2 Å². The Balaban J connectivity index is 1.45. The van der Waals surface area contributed by atoms with Crippen LogP contribution in [-0.4, -0.2) is 28.2 Å². The third-order valence-corrected chi connectivity index (χ3v) is 6.82. The summed E-state index contributed by atoms with van der Waals surface area (Å²) in [6, 6.07) is 3.97. The standard InChI is InChI=1S/C19H20N2O4/c22-17-15-2-1-14(21(24)25)6-16(15)18(23)20(17)10-19-7-11-3-12(8-19)5-13(4-11)9-19/h1-2,6,11-13H,3-5,7-10H2. The van der Waals surface area contributed by atoms with Crippen LogP contribution in [0.25, 0.3) is 0 Å². The van der Waals surface area contributed by atoms with E-state index in [0.29, 0.717) is 12.1 Å². The maximum atomic E-state index is 12.8. The van der Waals surface area contributed by atoms with Gasteiger partial charge >= 0.3 is 0 Å². The Morgan fingerprint density at radius 2 is 1.56 bits per heavy atom. The number of carbonyl (C=O) groups is 2. The highest BCUT2D eigenvalue weighted by molar-refractivity contribution is 6.21. The van der Waals surface area contributed by atoms with Crippen LogP contribution in [0.4, 0.5) is 5.69 Å². The molecule has 4 fully saturated rings. The number of hydrogen-bond acceptors (Lipinski definition) is 4. The van der Waals surface area contributed by atoms with E-state index in [4.69, 9.17) is 0 Å². The molecule has 2 amide bonds. The summed E-state index contributed by atoms with van der Waals surface area (Å²) in [5.41, 5.74) is 0.425. The van der Waals surface area contributed by atoms with Crippen molar-refractivity contribution in [1.82, 2.24) is 4.90 Å². The molecule has 0 N–H and O–H groups in total. The van der Waals surface area contributed by atoms with Gasteiger partial charge in [0.2, 0.25) is 0 Å². The molecule has 6 heteroatoms. The second-order valence-corrected chi connectivity index (χ2v) is 8.60. The lowest BCUT2D eigenvalue weighted by molar-refractivity contribution is -0.384. The molecule has 4 bridgehead atoms. The van der Waals surface area contributed by atoms with Crippen molar-refractivity contribution in [1.29, 1.82) is 0 Å². The van der Waals surface area contributed by atoms with E-state index in [2.05, 4.69) is 0 Å². The van der Waals surface area contributed by atoms with Gasteiger partial charge < -0.3 is 0 Å². The van der Waals surface area contributed by atoms with Gasteiger partial charge in [0.1, 0.15) is 0 Å². The zero-order valence-electron chi connectivity index (χ0n) is 13.9. The van der Waals surface area contributed by atoms with E-state index in [1.165, 1.54) is 42.4 Å². The van der Waals surface area contributed by atoms with Crippen molar-refractivity contribution >= 4 is 17.5 Å². The van der Waals surface area contributed by atoms with Crippen molar-refractivity contribution in [2.45, 2.75) is 38.5 Å². The number of imide groups is 1. The van der Waals surface area contributed by atoms with Gasteiger partial charge in [-0.1, -0.05) is 0 Å². The lowest BCUT2D eigenvalue weighted by Crippen LogP contribution is -2.52. The fraction of sp³-hybridized carbons (Fsp3) is 0.579. The summed E-state index contributed by atoms with van der Waals surface area (Å²) in [5.74, 6) is 1.61. The molecule has 6 rings (SSSR count). The number of fused-ring (bicyclic) bond motifs is 1. The number of nitro groups is 1. The Bertz CT molecular complexity index is 780. The third-order valence-electron chi connectivity index (χ3n) is 6.82. The lowest BCUT2D eigenvalue weighted by Gasteiger charge is -2.57. The number of carbonyl (C=O) groups excluding carboxylic acids is 2. The maximum Gasteiger partial charge on any atom is 0.270 e. The number of nitro benzene ring substituents is 1. The number of benzene rings is 1. The molecule has 6 nitrogen and oxygen atoms in total. The second kappa shape index (κ2) is 4.90. The quantitative estimate of drug-likeness (QED) is 0.480. The Labute approximate surface area is 145 Å². The van der Waals surface area contributed by atoms with E-state index >= 15 is 0 Å². The van der Waals surface area contributed by atoms with Crippen LogP contribution < -0.4 is 0 Å². The maximum absolute atomic E-state index is 12.8. The molecule has 0 aromatic heterocycles. The summed E-state index contributed by atoms with van der Waals surface area (Å²) in [6.45, 7) is 0.483. The lowest BCUT2D eigenvalue weighted by atomic mass is 9.49. The largest absolute Gasteiger partial charge is 0.274 e. The van der Waals surface area contributed by atoms with E-state index in [-0.39, 0.29) is 28.5 Å². The average molecular weight is 340 g/mol. The molecule has 0 saturated heterocycles. The molecule has 1 heterocycles. The van der Waals surface area contributed by atoms with Gasteiger partial charge in [-0.2, -0.15) is 0 Å². The highest BCUT2D eigenvalue weighted by Crippen LogP contribution is 2.60. The van der Waals surface area contributed by atoms with E-state index in [1.54, 1.807) is 0 Å². The molecule has 0 radical (unpaired) electrons. The van der Waals surface area contributed by atoms with Gasteiger partial charge in [0.25, 0.3) is 17.5 Å². The fourth-order valence-corrected chi connectivity index (χ4v) is 6.35. The predicted octanol–water partition coefficient (Wildman–Crippen LogP) is 3.41. The first-order chi connectivity index (χ1) is 11.9. The second-order valence-electron chi connectivity index (χ2n) is 8.60. The Hall–Kier alpha value is -2.24. The first-order valence-corrected chi connectivity index (χ1v) is 9.09. The topological polar surface area (TPSA) is 80.5 Å². The Kier molecular flexibility index (Phi) is 2.95. The van der Waals surface area contributed by atoms with Crippen LogP contribution in [-0.2, 0) is 0 Å². The van der Waals surface area contributed by atoms with Gasteiger partial charge in [-0.25, -0.2) is 0 Å². The fourth-order valence-electron chi connectivity index (χ4n) is 6.35. The summed E-state index contributed by atoms with van der Waals surface area (Å²) in [4.78, 5) is 37.3. The number of amides is 2. The third kappa shape index (κ3) is 2.16. The molecule has 0 atom stereocenters. The van der Waals surface area contributed by atoms with E-state index < -0.39 is 4.92 Å². The number of hydrogen-bond donors (Lipinski definition) is 0. The number of non-ortho nitro benzene ring substituents is 1.